The van der Waals surface area contributed by atoms with Crippen molar-refractivity contribution in [3.8, 4) is 17.2 Å². The lowest BCUT2D eigenvalue weighted by Crippen LogP contribution is -2.09. The Kier molecular flexibility index (Phi) is 4.01. The van der Waals surface area contributed by atoms with Gasteiger partial charge in [0.1, 0.15) is 33.8 Å². The minimum Gasteiger partial charge on any atom is -0.507 e. The predicted molar refractivity (Wildman–Crippen MR) is 99.6 cm³/mol. The van der Waals surface area contributed by atoms with Crippen molar-refractivity contribution in [3.05, 3.63) is 76.5 Å². The highest BCUT2D eigenvalue weighted by Crippen LogP contribution is 2.31. The molecule has 1 aromatic heterocycles. The molecule has 0 saturated carbocycles. The molecule has 4 aromatic rings. The number of carbonyl (C=O) groups excluding carboxylic acids is 1. The number of carbonyl (C=O) groups is 1. The normalized spacial score (nSPS) is 10.9. The van der Waals surface area contributed by atoms with Gasteiger partial charge in [-0.15, -0.1) is 0 Å². The lowest BCUT2D eigenvalue weighted by molar-refractivity contribution is 0.0734. The van der Waals surface area contributed by atoms with Crippen molar-refractivity contribution in [1.82, 2.24) is 0 Å². The monoisotopic (exact) mass is 362 g/mol. The van der Waals surface area contributed by atoms with Crippen LogP contribution < -0.4 is 14.9 Å². The summed E-state index contributed by atoms with van der Waals surface area (Å²) in [6, 6.07) is 15.8. The molecule has 0 amide bonds. The molecule has 0 saturated heterocycles. The van der Waals surface area contributed by atoms with Gasteiger partial charge in [-0.25, -0.2) is 4.79 Å². The highest BCUT2D eigenvalue weighted by molar-refractivity contribution is 5.95. The summed E-state index contributed by atoms with van der Waals surface area (Å²) in [6.07, 6.45) is 0. The van der Waals surface area contributed by atoms with Crippen LogP contribution in [0.15, 0.2) is 69.9 Å². The molecule has 0 aliphatic heterocycles. The maximum atomic E-state index is 12.6. The van der Waals surface area contributed by atoms with E-state index in [9.17, 15) is 14.7 Å². The van der Waals surface area contributed by atoms with E-state index in [1.807, 2.05) is 0 Å². The standard InChI is InChI=1S/C21H14O6/c1-25-13-8-6-12(7-9-13)21(24)26-14-10-16(22)19-18(11-14)27-17-5-3-2-4-15(17)20(19)23/h2-11,22H,1H3. The quantitative estimate of drug-likeness (QED) is 0.338. The molecule has 0 bridgehead atoms. The molecule has 0 radical (unpaired) electrons. The zero-order valence-electron chi connectivity index (χ0n) is 14.3. The van der Waals surface area contributed by atoms with Gasteiger partial charge in [-0.05, 0) is 36.4 Å². The molecule has 27 heavy (non-hydrogen) atoms. The van der Waals surface area contributed by atoms with Crippen LogP contribution >= 0.6 is 0 Å². The lowest BCUT2D eigenvalue weighted by Gasteiger charge is -2.08. The van der Waals surface area contributed by atoms with E-state index in [2.05, 4.69) is 0 Å². The van der Waals surface area contributed by atoms with Gasteiger partial charge in [-0.3, -0.25) is 4.79 Å². The first-order valence-electron chi connectivity index (χ1n) is 8.11. The highest BCUT2D eigenvalue weighted by Gasteiger charge is 2.16. The summed E-state index contributed by atoms with van der Waals surface area (Å²) in [5.41, 5.74) is 0.483. The Balaban J connectivity index is 1.75. The van der Waals surface area contributed by atoms with E-state index in [-0.39, 0.29) is 27.9 Å². The van der Waals surface area contributed by atoms with Gasteiger partial charge < -0.3 is 19.0 Å². The summed E-state index contributed by atoms with van der Waals surface area (Å²) >= 11 is 0. The Bertz CT molecular complexity index is 1220. The Hall–Kier alpha value is -3.80. The molecule has 3 aromatic carbocycles. The fourth-order valence-electron chi connectivity index (χ4n) is 2.83. The van der Waals surface area contributed by atoms with Gasteiger partial charge in [-0.2, -0.15) is 0 Å². The summed E-state index contributed by atoms with van der Waals surface area (Å²) in [7, 11) is 1.53. The molecule has 0 fully saturated rings. The Labute approximate surface area is 153 Å². The zero-order chi connectivity index (χ0) is 19.0. The number of para-hydroxylation sites is 1. The van der Waals surface area contributed by atoms with E-state index in [0.717, 1.165) is 0 Å². The van der Waals surface area contributed by atoms with Gasteiger partial charge in [0.05, 0.1) is 18.1 Å². The van der Waals surface area contributed by atoms with Crippen LogP contribution in [0.1, 0.15) is 10.4 Å². The van der Waals surface area contributed by atoms with Crippen molar-refractivity contribution in [2.24, 2.45) is 0 Å². The molecule has 0 spiro atoms. The number of hydrogen-bond donors (Lipinski definition) is 1. The van der Waals surface area contributed by atoms with Gasteiger partial charge in [0.15, 0.2) is 0 Å². The van der Waals surface area contributed by atoms with Crippen LogP contribution in [-0.2, 0) is 0 Å². The summed E-state index contributed by atoms with van der Waals surface area (Å²) in [5.74, 6) is -0.244. The Morgan fingerprint density at radius 1 is 0.963 bits per heavy atom. The minimum atomic E-state index is -0.612. The van der Waals surface area contributed by atoms with E-state index in [1.54, 1.807) is 48.5 Å². The van der Waals surface area contributed by atoms with Crippen LogP contribution in [0, 0.1) is 0 Å². The van der Waals surface area contributed by atoms with Crippen LogP contribution in [0.3, 0.4) is 0 Å². The van der Waals surface area contributed by atoms with Gasteiger partial charge in [0, 0.05) is 12.1 Å². The number of benzene rings is 3. The molecule has 6 heteroatoms. The fourth-order valence-corrected chi connectivity index (χ4v) is 2.83. The van der Waals surface area contributed by atoms with E-state index >= 15 is 0 Å². The maximum Gasteiger partial charge on any atom is 0.343 e. The van der Waals surface area contributed by atoms with Gasteiger partial charge in [-0.1, -0.05) is 12.1 Å². The maximum absolute atomic E-state index is 12.6. The number of rotatable bonds is 3. The van der Waals surface area contributed by atoms with Crippen LogP contribution in [0.4, 0.5) is 0 Å². The predicted octanol–water partition coefficient (Wildman–Crippen LogP) is 3.88. The van der Waals surface area contributed by atoms with Crippen LogP contribution in [0.5, 0.6) is 17.2 Å². The molecule has 0 unspecified atom stereocenters. The van der Waals surface area contributed by atoms with E-state index in [0.29, 0.717) is 22.3 Å². The van der Waals surface area contributed by atoms with E-state index in [4.69, 9.17) is 13.9 Å². The second-order valence-corrected chi connectivity index (χ2v) is 5.86. The lowest BCUT2D eigenvalue weighted by atomic mass is 10.1. The van der Waals surface area contributed by atoms with E-state index < -0.39 is 5.97 Å². The number of aromatic hydroxyl groups is 1. The molecule has 0 atom stereocenters. The van der Waals surface area contributed by atoms with Crippen molar-refractivity contribution in [1.29, 1.82) is 0 Å². The molecule has 4 rings (SSSR count). The number of phenols is 1. The first kappa shape index (κ1) is 16.7. The van der Waals surface area contributed by atoms with Crippen molar-refractivity contribution in [2.75, 3.05) is 7.11 Å². The number of methoxy groups -OCH3 is 1. The first-order valence-corrected chi connectivity index (χ1v) is 8.11. The smallest absolute Gasteiger partial charge is 0.343 e. The molecule has 1 N–H and O–H groups in total. The summed E-state index contributed by atoms with van der Waals surface area (Å²) < 4.78 is 16.1. The number of ether oxygens (including phenoxy) is 2. The third-order valence-corrected chi connectivity index (χ3v) is 4.17. The summed E-state index contributed by atoms with van der Waals surface area (Å²) in [4.78, 5) is 24.9. The fraction of sp³-hybridized carbons (Fsp3) is 0.0476. The number of phenolic OH excluding ortho intramolecular Hbond substituents is 1. The average Bonchev–Trinajstić information content (AvgIpc) is 2.68. The number of hydrogen-bond acceptors (Lipinski definition) is 6. The highest BCUT2D eigenvalue weighted by atomic mass is 16.5. The topological polar surface area (TPSA) is 86.0 Å². The van der Waals surface area contributed by atoms with Gasteiger partial charge in [0.25, 0.3) is 0 Å². The second kappa shape index (κ2) is 6.49. The van der Waals surface area contributed by atoms with Crippen LogP contribution in [0.25, 0.3) is 21.9 Å². The van der Waals surface area contributed by atoms with Crippen molar-refractivity contribution < 1.29 is 23.8 Å². The molecular formula is C21H14O6. The zero-order valence-corrected chi connectivity index (χ0v) is 14.3. The molecule has 134 valence electrons. The van der Waals surface area contributed by atoms with Crippen LogP contribution in [-0.4, -0.2) is 18.2 Å². The molecule has 6 nitrogen and oxygen atoms in total. The largest absolute Gasteiger partial charge is 0.507 e. The molecule has 0 aliphatic rings. The molecule has 0 aliphatic carbocycles. The Morgan fingerprint density at radius 3 is 2.44 bits per heavy atom. The Morgan fingerprint density at radius 2 is 1.70 bits per heavy atom. The summed E-state index contributed by atoms with van der Waals surface area (Å²) in [6.45, 7) is 0. The van der Waals surface area contributed by atoms with Crippen molar-refractivity contribution >= 4 is 27.9 Å². The van der Waals surface area contributed by atoms with Gasteiger partial charge >= 0.3 is 5.97 Å². The first-order chi connectivity index (χ1) is 13.1. The SMILES string of the molecule is COc1ccc(C(=O)Oc2cc(O)c3c(=O)c4ccccc4oc3c2)cc1. The minimum absolute atomic E-state index is 0.0398. The van der Waals surface area contributed by atoms with Crippen molar-refractivity contribution in [3.63, 3.8) is 0 Å². The number of fused-ring (bicyclic) bond motifs is 2. The van der Waals surface area contributed by atoms with Crippen LogP contribution in [0.2, 0.25) is 0 Å². The van der Waals surface area contributed by atoms with Gasteiger partial charge in [0.2, 0.25) is 5.43 Å². The average molecular weight is 362 g/mol. The number of esters is 1. The second-order valence-electron chi connectivity index (χ2n) is 5.86. The third kappa shape index (κ3) is 2.97. The third-order valence-electron chi connectivity index (χ3n) is 4.17. The van der Waals surface area contributed by atoms with E-state index in [1.165, 1.54) is 19.2 Å². The molecular weight excluding hydrogens is 348 g/mol. The van der Waals surface area contributed by atoms with Crippen molar-refractivity contribution in [2.45, 2.75) is 0 Å². The summed E-state index contributed by atoms with van der Waals surface area (Å²) in [5, 5.41) is 10.7. The molecule has 1 heterocycles.